The fraction of sp³-hybridized carbons (Fsp3) is 0.176. The van der Waals surface area contributed by atoms with Crippen LogP contribution in [0.15, 0.2) is 24.3 Å². The molecule has 0 unspecified atom stereocenters. The van der Waals surface area contributed by atoms with Gasteiger partial charge in [0, 0.05) is 21.1 Å². The van der Waals surface area contributed by atoms with E-state index in [0.29, 0.717) is 3.57 Å². The highest BCUT2D eigenvalue weighted by atomic mass is 127. The third-order valence-electron chi connectivity index (χ3n) is 3.45. The van der Waals surface area contributed by atoms with E-state index in [4.69, 9.17) is 0 Å². The van der Waals surface area contributed by atoms with Crippen LogP contribution in [0.3, 0.4) is 0 Å². The van der Waals surface area contributed by atoms with E-state index in [1.807, 2.05) is 22.6 Å². The van der Waals surface area contributed by atoms with Crippen LogP contribution in [0.4, 0.5) is 13.2 Å². The lowest BCUT2D eigenvalue weighted by Crippen LogP contribution is -2.11. The number of rotatable bonds is 4. The van der Waals surface area contributed by atoms with Gasteiger partial charge in [0.1, 0.15) is 5.82 Å². The summed E-state index contributed by atoms with van der Waals surface area (Å²) in [6.45, 7) is 2.27. The van der Waals surface area contributed by atoms with Crippen molar-refractivity contribution in [2.24, 2.45) is 0 Å². The number of hydrogen-bond donors (Lipinski definition) is 0. The monoisotopic (exact) mass is 432 g/mol. The predicted octanol–water partition coefficient (Wildman–Crippen LogP) is 4.70. The lowest BCUT2D eigenvalue weighted by Gasteiger charge is -2.12. The van der Waals surface area contributed by atoms with Crippen molar-refractivity contribution in [3.8, 4) is 0 Å². The van der Waals surface area contributed by atoms with Gasteiger partial charge in [-0.3, -0.25) is 9.59 Å². The van der Waals surface area contributed by atoms with Crippen molar-refractivity contribution in [3.63, 3.8) is 0 Å². The minimum atomic E-state index is -1.32. The van der Waals surface area contributed by atoms with Gasteiger partial charge in [-0.1, -0.05) is 6.07 Å². The van der Waals surface area contributed by atoms with Gasteiger partial charge in [-0.25, -0.2) is 13.2 Å². The number of carbonyl (C=O) groups excluding carboxylic acids is 2. The maximum Gasteiger partial charge on any atom is 0.169 e. The molecule has 0 fully saturated rings. The maximum absolute atomic E-state index is 14.3. The first-order chi connectivity index (χ1) is 10.7. The lowest BCUT2D eigenvalue weighted by molar-refractivity contribution is 0.101. The summed E-state index contributed by atoms with van der Waals surface area (Å²) in [5, 5.41) is 0. The zero-order chi connectivity index (χ0) is 17.3. The van der Waals surface area contributed by atoms with Crippen LogP contribution in [-0.4, -0.2) is 11.6 Å². The molecule has 120 valence electrons. The Kier molecular flexibility index (Phi) is 5.23. The van der Waals surface area contributed by atoms with Crippen molar-refractivity contribution >= 4 is 34.2 Å². The Bertz CT molecular complexity index is 816. The van der Waals surface area contributed by atoms with Crippen LogP contribution in [-0.2, 0) is 6.42 Å². The summed E-state index contributed by atoms with van der Waals surface area (Å²) in [5.41, 5.74) is -0.714. The molecule has 2 aromatic rings. The van der Waals surface area contributed by atoms with Gasteiger partial charge in [0.15, 0.2) is 23.2 Å². The van der Waals surface area contributed by atoms with Gasteiger partial charge < -0.3 is 0 Å². The van der Waals surface area contributed by atoms with Crippen molar-refractivity contribution in [2.45, 2.75) is 20.3 Å². The maximum atomic E-state index is 14.3. The van der Waals surface area contributed by atoms with Gasteiger partial charge in [-0.2, -0.15) is 0 Å². The van der Waals surface area contributed by atoms with Crippen LogP contribution in [0.2, 0.25) is 0 Å². The largest absolute Gasteiger partial charge is 0.294 e. The molecule has 0 aliphatic carbocycles. The molecule has 0 saturated heterocycles. The molecule has 0 spiro atoms. The molecular formula is C17H12F3IO2. The molecule has 0 bridgehead atoms. The van der Waals surface area contributed by atoms with E-state index in [0.717, 1.165) is 13.0 Å². The standard InChI is InChI=1S/C17H12F3IO2/c1-8(22)12-7-13(9(2)23)16(19)17(20)14(12)5-10-3-4-11(21)6-15(10)18/h3-4,6-7H,5H2,1-2H3. The van der Waals surface area contributed by atoms with Crippen LogP contribution in [0, 0.1) is 21.0 Å². The van der Waals surface area contributed by atoms with E-state index in [1.165, 1.54) is 19.1 Å². The molecule has 0 aliphatic heterocycles. The fourth-order valence-corrected chi connectivity index (χ4v) is 2.72. The number of halogens is 4. The Morgan fingerprint density at radius 2 is 1.57 bits per heavy atom. The Balaban J connectivity index is 2.63. The first kappa shape index (κ1) is 17.7. The van der Waals surface area contributed by atoms with Crippen LogP contribution in [0.25, 0.3) is 0 Å². The van der Waals surface area contributed by atoms with Crippen LogP contribution >= 0.6 is 22.6 Å². The van der Waals surface area contributed by atoms with Gasteiger partial charge in [-0.15, -0.1) is 0 Å². The number of benzene rings is 2. The Morgan fingerprint density at radius 3 is 2.09 bits per heavy atom. The fourth-order valence-electron chi connectivity index (χ4n) is 2.26. The molecule has 0 aromatic heterocycles. The van der Waals surface area contributed by atoms with Gasteiger partial charge in [-0.05, 0) is 60.2 Å². The second-order valence-corrected chi connectivity index (χ2v) is 6.35. The third-order valence-corrected chi connectivity index (χ3v) is 4.12. The molecule has 0 radical (unpaired) electrons. The molecule has 0 heterocycles. The van der Waals surface area contributed by atoms with Gasteiger partial charge in [0.25, 0.3) is 0 Å². The Labute approximate surface area is 144 Å². The summed E-state index contributed by atoms with van der Waals surface area (Å²) >= 11 is 1.93. The zero-order valence-corrected chi connectivity index (χ0v) is 14.5. The predicted molar refractivity (Wildman–Crippen MR) is 88.3 cm³/mol. The molecule has 0 N–H and O–H groups in total. The van der Waals surface area contributed by atoms with Gasteiger partial charge >= 0.3 is 0 Å². The van der Waals surface area contributed by atoms with Crippen molar-refractivity contribution in [2.75, 3.05) is 0 Å². The first-order valence-corrected chi connectivity index (χ1v) is 7.77. The van der Waals surface area contributed by atoms with Crippen molar-refractivity contribution in [1.82, 2.24) is 0 Å². The van der Waals surface area contributed by atoms with Gasteiger partial charge in [0.05, 0.1) is 5.56 Å². The number of carbonyl (C=O) groups is 2. The molecule has 0 saturated carbocycles. The quantitative estimate of drug-likeness (QED) is 0.519. The summed E-state index contributed by atoms with van der Waals surface area (Å²) in [6, 6.07) is 5.38. The molecule has 2 nitrogen and oxygen atoms in total. The lowest BCUT2D eigenvalue weighted by atomic mass is 9.93. The van der Waals surface area contributed by atoms with E-state index < -0.39 is 34.6 Å². The molecule has 6 heteroatoms. The number of hydrogen-bond acceptors (Lipinski definition) is 2. The topological polar surface area (TPSA) is 34.1 Å². The molecule has 0 atom stereocenters. The minimum Gasteiger partial charge on any atom is -0.294 e. The zero-order valence-electron chi connectivity index (χ0n) is 12.3. The highest BCUT2D eigenvalue weighted by molar-refractivity contribution is 14.1. The highest BCUT2D eigenvalue weighted by Crippen LogP contribution is 2.26. The SMILES string of the molecule is CC(=O)c1cc(C(C)=O)c(Cc2ccc(I)cc2F)c(F)c1F. The second kappa shape index (κ2) is 6.82. The van der Waals surface area contributed by atoms with E-state index in [9.17, 15) is 22.8 Å². The summed E-state index contributed by atoms with van der Waals surface area (Å²) in [4.78, 5) is 23.1. The summed E-state index contributed by atoms with van der Waals surface area (Å²) < 4.78 is 43.0. The number of Topliss-reactive ketones (excluding diaryl/α,β-unsaturated/α-hetero) is 2. The highest BCUT2D eigenvalue weighted by Gasteiger charge is 2.23. The van der Waals surface area contributed by atoms with E-state index in [-0.39, 0.29) is 23.1 Å². The second-order valence-electron chi connectivity index (χ2n) is 5.10. The van der Waals surface area contributed by atoms with Crippen molar-refractivity contribution in [3.05, 3.63) is 67.5 Å². The van der Waals surface area contributed by atoms with E-state index in [2.05, 4.69) is 0 Å². The van der Waals surface area contributed by atoms with Gasteiger partial charge in [0.2, 0.25) is 0 Å². The summed E-state index contributed by atoms with van der Waals surface area (Å²) in [7, 11) is 0. The van der Waals surface area contributed by atoms with Crippen LogP contribution in [0.5, 0.6) is 0 Å². The third kappa shape index (κ3) is 3.63. The average molecular weight is 432 g/mol. The minimum absolute atomic E-state index is 0.118. The Hall–Kier alpha value is -1.70. The molecule has 0 amide bonds. The summed E-state index contributed by atoms with van der Waals surface area (Å²) in [6.07, 6.45) is -0.279. The normalized spacial score (nSPS) is 10.7. The molecular weight excluding hydrogens is 420 g/mol. The van der Waals surface area contributed by atoms with Crippen molar-refractivity contribution < 1.29 is 22.8 Å². The number of ketones is 2. The summed E-state index contributed by atoms with van der Waals surface area (Å²) in [5.74, 6) is -4.38. The molecule has 2 rings (SSSR count). The molecule has 23 heavy (non-hydrogen) atoms. The van der Waals surface area contributed by atoms with E-state index in [1.54, 1.807) is 6.07 Å². The molecule has 0 aliphatic rings. The van der Waals surface area contributed by atoms with Crippen LogP contribution in [0.1, 0.15) is 45.7 Å². The smallest absolute Gasteiger partial charge is 0.169 e. The molecule has 2 aromatic carbocycles. The van der Waals surface area contributed by atoms with Crippen LogP contribution < -0.4 is 0 Å². The first-order valence-electron chi connectivity index (χ1n) is 6.69. The Morgan fingerprint density at radius 1 is 0.957 bits per heavy atom. The van der Waals surface area contributed by atoms with E-state index >= 15 is 0 Å². The van der Waals surface area contributed by atoms with Crippen molar-refractivity contribution in [1.29, 1.82) is 0 Å². The average Bonchev–Trinajstić information content (AvgIpc) is 2.45.